The second-order valence-corrected chi connectivity index (χ2v) is 11.2. The first-order valence-electron chi connectivity index (χ1n) is 13.1. The van der Waals surface area contributed by atoms with Crippen molar-refractivity contribution in [2.45, 2.75) is 37.8 Å². The molecule has 14 nitrogen and oxygen atoms in total. The monoisotopic (exact) mass is 571 g/mol. The highest BCUT2D eigenvalue weighted by molar-refractivity contribution is 6.32. The van der Waals surface area contributed by atoms with Crippen molar-refractivity contribution in [2.75, 3.05) is 38.4 Å². The third-order valence-electron chi connectivity index (χ3n) is 8.34. The van der Waals surface area contributed by atoms with Gasteiger partial charge in [0.1, 0.15) is 5.75 Å². The Morgan fingerprint density at radius 3 is 2.27 bits per heavy atom. The number of benzene rings is 1. The molecule has 6 unspecified atom stereocenters. The Labute approximate surface area is 235 Å². The molecule has 4 amide bonds. The molecule has 0 aliphatic heterocycles. The molecule has 0 saturated heterocycles. The second-order valence-electron chi connectivity index (χ2n) is 11.2. The fraction of sp³-hybridized carbons (Fsp3) is 0.519. The van der Waals surface area contributed by atoms with Crippen LogP contribution >= 0.6 is 0 Å². The molecule has 220 valence electrons. The Hall–Kier alpha value is -4.17. The zero-order valence-electron chi connectivity index (χ0n) is 23.3. The summed E-state index contributed by atoms with van der Waals surface area (Å²) < 4.78 is 0. The van der Waals surface area contributed by atoms with Crippen LogP contribution in [0.25, 0.3) is 0 Å². The number of likely N-dealkylation sites (N-methyl/N-ethyl adjacent to an activating group) is 1. The Kier molecular flexibility index (Phi) is 7.52. The van der Waals surface area contributed by atoms with E-state index in [1.54, 1.807) is 19.0 Å². The number of hydrogen-bond donors (Lipinski definition) is 5. The molecule has 0 spiro atoms. The number of amides is 4. The van der Waals surface area contributed by atoms with Crippen LogP contribution in [0.4, 0.5) is 16.2 Å². The van der Waals surface area contributed by atoms with Crippen molar-refractivity contribution >= 4 is 52.4 Å². The number of urea groups is 1. The number of imide groups is 1. The zero-order chi connectivity index (χ0) is 30.7. The van der Waals surface area contributed by atoms with Gasteiger partial charge in [0.05, 0.1) is 23.2 Å². The van der Waals surface area contributed by atoms with Crippen LogP contribution in [-0.2, 0) is 30.4 Å². The lowest BCUT2D eigenvalue weighted by Gasteiger charge is -2.52. The van der Waals surface area contributed by atoms with Gasteiger partial charge in [-0.3, -0.25) is 39.0 Å². The second kappa shape index (κ2) is 10.3. The van der Waals surface area contributed by atoms with Gasteiger partial charge in [-0.05, 0) is 44.5 Å². The number of rotatable bonds is 5. The number of aliphatic hydroxyl groups is 1. The maximum absolute atomic E-state index is 14.0. The first-order chi connectivity index (χ1) is 19.1. The number of hydrogen-bond acceptors (Lipinski definition) is 11. The van der Waals surface area contributed by atoms with Gasteiger partial charge in [0, 0.05) is 32.1 Å². The lowest BCUT2D eigenvalue weighted by atomic mass is 9.52. The van der Waals surface area contributed by atoms with Gasteiger partial charge < -0.3 is 26.2 Å². The Morgan fingerprint density at radius 2 is 1.73 bits per heavy atom. The molecule has 1 aromatic carbocycles. The first kappa shape index (κ1) is 29.8. The highest BCUT2D eigenvalue weighted by Gasteiger charge is 2.69. The summed E-state index contributed by atoms with van der Waals surface area (Å²) in [7, 11) is 6.36. The maximum atomic E-state index is 14.0. The standard InChI is InChI=1S/C27H33N5O9/c1-6-15(33)30-26(40)29-13-9-14(31(2)3)11-7-10-8-12-19(32(4)5)22(36)18(25(28)39)24(38)27(12,41)23(37)16(10)21(35)17(11)20(13)34/h9-10,12,16,18-19,34,41H,6-8H2,1-5H3,(H2,28,39)(H2,29,30,33,40). The van der Waals surface area contributed by atoms with Gasteiger partial charge >= 0.3 is 6.03 Å². The number of primary amides is 1. The summed E-state index contributed by atoms with van der Waals surface area (Å²) in [5.74, 6) is -12.4. The van der Waals surface area contributed by atoms with Gasteiger partial charge in [-0.15, -0.1) is 0 Å². The van der Waals surface area contributed by atoms with Gasteiger partial charge in [-0.1, -0.05) is 6.92 Å². The predicted octanol–water partition coefficient (Wildman–Crippen LogP) is -1.01. The Balaban J connectivity index is 1.84. The van der Waals surface area contributed by atoms with Crippen molar-refractivity contribution in [3.63, 3.8) is 0 Å². The summed E-state index contributed by atoms with van der Waals surface area (Å²) in [4.78, 5) is 93.6. The minimum atomic E-state index is -2.84. The van der Waals surface area contributed by atoms with Crippen LogP contribution in [0.5, 0.6) is 5.75 Å². The van der Waals surface area contributed by atoms with E-state index in [-0.39, 0.29) is 30.5 Å². The molecule has 41 heavy (non-hydrogen) atoms. The maximum Gasteiger partial charge on any atom is 0.325 e. The normalized spacial score (nSPS) is 28.9. The summed E-state index contributed by atoms with van der Waals surface area (Å²) in [5, 5.41) is 27.2. The molecule has 6 N–H and O–H groups in total. The van der Waals surface area contributed by atoms with E-state index in [1.165, 1.54) is 32.0 Å². The third-order valence-corrected chi connectivity index (χ3v) is 8.34. The molecular weight excluding hydrogens is 538 g/mol. The van der Waals surface area contributed by atoms with Gasteiger partial charge in [-0.25, -0.2) is 4.79 Å². The molecule has 1 aromatic rings. The first-order valence-corrected chi connectivity index (χ1v) is 13.1. The minimum Gasteiger partial charge on any atom is -0.505 e. The number of carbonyl (C=O) groups is 7. The van der Waals surface area contributed by atoms with E-state index in [4.69, 9.17) is 5.73 Å². The van der Waals surface area contributed by atoms with Crippen LogP contribution < -0.4 is 21.3 Å². The number of phenols is 1. The van der Waals surface area contributed by atoms with Crippen LogP contribution in [-0.4, -0.2) is 95.9 Å². The quantitative estimate of drug-likeness (QED) is 0.213. The highest BCUT2D eigenvalue weighted by atomic mass is 16.3. The largest absolute Gasteiger partial charge is 0.505 e. The number of anilines is 2. The van der Waals surface area contributed by atoms with Crippen molar-refractivity contribution in [3.8, 4) is 5.75 Å². The van der Waals surface area contributed by atoms with Gasteiger partial charge in [-0.2, -0.15) is 0 Å². The van der Waals surface area contributed by atoms with E-state index >= 15 is 0 Å². The molecule has 3 aliphatic rings. The molecule has 0 bridgehead atoms. The number of Topliss-reactive ketones (excluding diaryl/α,β-unsaturated/α-hetero) is 4. The third kappa shape index (κ3) is 4.47. The molecule has 6 atom stereocenters. The van der Waals surface area contributed by atoms with Crippen LogP contribution in [0.3, 0.4) is 0 Å². The lowest BCUT2D eigenvalue weighted by molar-refractivity contribution is -0.181. The topological polar surface area (TPSA) is 217 Å². The van der Waals surface area contributed by atoms with Gasteiger partial charge in [0.2, 0.25) is 11.8 Å². The summed E-state index contributed by atoms with van der Waals surface area (Å²) >= 11 is 0. The lowest BCUT2D eigenvalue weighted by Crippen LogP contribution is -2.74. The van der Waals surface area contributed by atoms with E-state index in [1.807, 2.05) is 0 Å². The number of aromatic hydroxyl groups is 1. The van der Waals surface area contributed by atoms with E-state index in [2.05, 4.69) is 10.6 Å². The van der Waals surface area contributed by atoms with Crippen molar-refractivity contribution in [1.82, 2.24) is 10.2 Å². The molecule has 14 heteroatoms. The number of carbonyl (C=O) groups excluding carboxylic acids is 7. The van der Waals surface area contributed by atoms with E-state index < -0.39 is 82.0 Å². The summed E-state index contributed by atoms with van der Waals surface area (Å²) in [5.41, 5.74) is 2.81. The molecular formula is C27H33N5O9. The molecule has 3 aliphatic carbocycles. The number of nitrogens with two attached hydrogens (primary N) is 1. The smallest absolute Gasteiger partial charge is 0.325 e. The number of ketones is 4. The van der Waals surface area contributed by atoms with Crippen molar-refractivity contribution in [2.24, 2.45) is 29.4 Å². The summed E-state index contributed by atoms with van der Waals surface area (Å²) in [6.45, 7) is 1.54. The van der Waals surface area contributed by atoms with Crippen molar-refractivity contribution in [1.29, 1.82) is 0 Å². The van der Waals surface area contributed by atoms with Crippen molar-refractivity contribution in [3.05, 3.63) is 17.2 Å². The minimum absolute atomic E-state index is 0.0235. The number of phenolic OH excluding ortho intramolecular Hbond substituents is 1. The fourth-order valence-corrected chi connectivity index (χ4v) is 6.52. The summed E-state index contributed by atoms with van der Waals surface area (Å²) in [6, 6.07) is -0.727. The number of nitrogens with zero attached hydrogens (tertiary/aromatic N) is 2. The van der Waals surface area contributed by atoms with E-state index in [9.17, 15) is 43.8 Å². The SMILES string of the molecule is CCC(=O)NC(=O)Nc1cc(N(C)C)c2c(c1O)C(=O)C1C(=O)C3(O)C(=O)C(C(N)=O)C(=O)C(N(C)C)C3CC1C2. The molecule has 2 saturated carbocycles. The van der Waals surface area contributed by atoms with E-state index in [0.717, 1.165) is 0 Å². The number of fused-ring (bicyclic) bond motifs is 3. The summed E-state index contributed by atoms with van der Waals surface area (Å²) in [6.07, 6.45) is 0.00247. The predicted molar refractivity (Wildman–Crippen MR) is 143 cm³/mol. The molecule has 4 rings (SSSR count). The van der Waals surface area contributed by atoms with Gasteiger partial charge in [0.25, 0.3) is 0 Å². The molecule has 2 fully saturated rings. The van der Waals surface area contributed by atoms with Gasteiger partial charge in [0.15, 0.2) is 34.7 Å². The zero-order valence-corrected chi connectivity index (χ0v) is 23.3. The van der Waals surface area contributed by atoms with Crippen LogP contribution in [0.15, 0.2) is 6.07 Å². The Morgan fingerprint density at radius 1 is 1.10 bits per heavy atom. The molecule has 0 radical (unpaired) electrons. The van der Waals surface area contributed by atoms with E-state index in [0.29, 0.717) is 11.3 Å². The fourth-order valence-electron chi connectivity index (χ4n) is 6.52. The van der Waals surface area contributed by atoms with Crippen LogP contribution in [0.1, 0.15) is 35.7 Å². The van der Waals surface area contributed by atoms with Crippen LogP contribution in [0.2, 0.25) is 0 Å². The average molecular weight is 572 g/mol. The average Bonchev–Trinajstić information content (AvgIpc) is 2.87. The highest BCUT2D eigenvalue weighted by Crippen LogP contribution is 2.52. The molecule has 0 heterocycles. The Bertz CT molecular complexity index is 1400. The van der Waals surface area contributed by atoms with Crippen molar-refractivity contribution < 1.29 is 43.8 Å². The van der Waals surface area contributed by atoms with Crippen LogP contribution in [0, 0.1) is 23.7 Å². The molecule has 0 aromatic heterocycles. The number of nitrogens with one attached hydrogen (secondary N) is 2.